The molecular weight excluding hydrogens is 355 g/mol. The number of benzene rings is 1. The summed E-state index contributed by atoms with van der Waals surface area (Å²) in [5.41, 5.74) is 0.920. The minimum Gasteiger partial charge on any atom is -0.381 e. The zero-order valence-electron chi connectivity index (χ0n) is 12.6. The summed E-state index contributed by atoms with van der Waals surface area (Å²) < 4.78 is 5.52. The van der Waals surface area contributed by atoms with Gasteiger partial charge in [-0.2, -0.15) is 0 Å². The Kier molecular flexibility index (Phi) is 3.98. The van der Waals surface area contributed by atoms with Gasteiger partial charge >= 0.3 is 0 Å². The summed E-state index contributed by atoms with van der Waals surface area (Å²) in [6.07, 6.45) is 0.769. The molecule has 0 N–H and O–H groups in total. The monoisotopic (exact) mass is 368 g/mol. The number of nitrogens with zero attached hydrogens (tertiary/aromatic N) is 2. The van der Waals surface area contributed by atoms with Crippen LogP contribution in [0.4, 0.5) is 0 Å². The number of amides is 2. The standard InChI is InChI=1S/C16H14Cl2N2O4/c17-8-3-4-10(11(18)6-8)13-12-14(24-19-13)16(22)20(15(12)21)7-9-2-1-5-23-9/h3-4,6,9,12,14H,1-2,5,7H2. The van der Waals surface area contributed by atoms with E-state index in [0.717, 1.165) is 12.8 Å². The summed E-state index contributed by atoms with van der Waals surface area (Å²) in [6, 6.07) is 4.90. The van der Waals surface area contributed by atoms with Crippen molar-refractivity contribution in [1.82, 2.24) is 4.90 Å². The zero-order chi connectivity index (χ0) is 16.8. The molecule has 3 aliphatic heterocycles. The summed E-state index contributed by atoms with van der Waals surface area (Å²) in [7, 11) is 0. The normalized spacial score (nSPS) is 29.0. The lowest BCUT2D eigenvalue weighted by Gasteiger charge is -2.19. The molecule has 3 unspecified atom stereocenters. The number of carbonyl (C=O) groups excluding carboxylic acids is 2. The van der Waals surface area contributed by atoms with E-state index in [1.54, 1.807) is 18.2 Å². The van der Waals surface area contributed by atoms with Gasteiger partial charge in [-0.1, -0.05) is 34.4 Å². The molecule has 6 nitrogen and oxygen atoms in total. The van der Waals surface area contributed by atoms with E-state index < -0.39 is 12.0 Å². The summed E-state index contributed by atoms with van der Waals surface area (Å²) in [4.78, 5) is 31.7. The van der Waals surface area contributed by atoms with E-state index >= 15 is 0 Å². The number of imide groups is 1. The second kappa shape index (κ2) is 6.02. The summed E-state index contributed by atoms with van der Waals surface area (Å²) >= 11 is 12.1. The Morgan fingerprint density at radius 3 is 2.79 bits per heavy atom. The van der Waals surface area contributed by atoms with Crippen LogP contribution in [0.3, 0.4) is 0 Å². The van der Waals surface area contributed by atoms with E-state index in [2.05, 4.69) is 5.16 Å². The maximum atomic E-state index is 12.8. The van der Waals surface area contributed by atoms with Gasteiger partial charge in [-0.05, 0) is 25.0 Å². The predicted octanol–water partition coefficient (Wildman–Crippen LogP) is 2.26. The van der Waals surface area contributed by atoms with E-state index in [4.69, 9.17) is 32.8 Å². The number of carbonyl (C=O) groups is 2. The molecular formula is C16H14Cl2N2O4. The van der Waals surface area contributed by atoms with Gasteiger partial charge in [-0.25, -0.2) is 0 Å². The molecule has 2 amide bonds. The van der Waals surface area contributed by atoms with Gasteiger partial charge in [0.2, 0.25) is 12.0 Å². The van der Waals surface area contributed by atoms with Crippen LogP contribution in [0, 0.1) is 5.92 Å². The molecule has 0 aliphatic carbocycles. The lowest BCUT2D eigenvalue weighted by atomic mass is 9.94. The Balaban J connectivity index is 1.60. The molecule has 0 aromatic heterocycles. The third kappa shape index (κ3) is 2.49. The first kappa shape index (κ1) is 15.9. The van der Waals surface area contributed by atoms with Gasteiger partial charge in [0.25, 0.3) is 5.91 Å². The second-order valence-electron chi connectivity index (χ2n) is 6.03. The molecule has 126 valence electrons. The molecule has 4 rings (SSSR count). The van der Waals surface area contributed by atoms with Gasteiger partial charge in [-0.3, -0.25) is 14.5 Å². The maximum Gasteiger partial charge on any atom is 0.274 e. The van der Waals surface area contributed by atoms with E-state index in [1.807, 2.05) is 0 Å². The zero-order valence-corrected chi connectivity index (χ0v) is 14.1. The minimum atomic E-state index is -0.916. The molecule has 3 atom stereocenters. The van der Waals surface area contributed by atoms with Crippen molar-refractivity contribution in [2.45, 2.75) is 25.0 Å². The fourth-order valence-electron chi connectivity index (χ4n) is 3.32. The number of oxime groups is 1. The van der Waals surface area contributed by atoms with E-state index in [1.165, 1.54) is 4.90 Å². The molecule has 3 aliphatic rings. The average molecular weight is 369 g/mol. The predicted molar refractivity (Wildman–Crippen MR) is 87.1 cm³/mol. The largest absolute Gasteiger partial charge is 0.381 e. The Morgan fingerprint density at radius 2 is 2.08 bits per heavy atom. The lowest BCUT2D eigenvalue weighted by molar-refractivity contribution is -0.143. The SMILES string of the molecule is O=C1C2ON=C(c3ccc(Cl)cc3Cl)C2C(=O)N1CC1CCCO1. The number of hydrogen-bond acceptors (Lipinski definition) is 5. The van der Waals surface area contributed by atoms with E-state index in [0.29, 0.717) is 27.9 Å². The molecule has 2 saturated heterocycles. The molecule has 1 aromatic rings. The van der Waals surface area contributed by atoms with Crippen molar-refractivity contribution in [1.29, 1.82) is 0 Å². The third-order valence-electron chi connectivity index (χ3n) is 4.52. The first-order valence-electron chi connectivity index (χ1n) is 7.72. The van der Waals surface area contributed by atoms with Gasteiger partial charge in [0.05, 0.1) is 17.7 Å². The van der Waals surface area contributed by atoms with Crippen molar-refractivity contribution < 1.29 is 19.2 Å². The first-order valence-corrected chi connectivity index (χ1v) is 8.48. The summed E-state index contributed by atoms with van der Waals surface area (Å²) in [6.45, 7) is 0.924. The van der Waals surface area contributed by atoms with Crippen molar-refractivity contribution in [3.05, 3.63) is 33.8 Å². The fourth-order valence-corrected chi connectivity index (χ4v) is 3.83. The number of fused-ring (bicyclic) bond motifs is 1. The van der Waals surface area contributed by atoms with Crippen LogP contribution in [0.1, 0.15) is 18.4 Å². The molecule has 3 heterocycles. The Morgan fingerprint density at radius 1 is 1.25 bits per heavy atom. The van der Waals surface area contributed by atoms with Gasteiger partial charge < -0.3 is 9.57 Å². The van der Waals surface area contributed by atoms with Crippen molar-refractivity contribution >= 4 is 40.7 Å². The van der Waals surface area contributed by atoms with Crippen LogP contribution in [-0.4, -0.2) is 47.8 Å². The van der Waals surface area contributed by atoms with Crippen molar-refractivity contribution in [3.63, 3.8) is 0 Å². The van der Waals surface area contributed by atoms with E-state index in [-0.39, 0.29) is 24.5 Å². The Hall–Kier alpha value is -1.63. The molecule has 0 spiro atoms. The highest BCUT2D eigenvalue weighted by molar-refractivity contribution is 6.38. The Labute approximate surface area is 148 Å². The Bertz CT molecular complexity index is 746. The van der Waals surface area contributed by atoms with E-state index in [9.17, 15) is 9.59 Å². The molecule has 24 heavy (non-hydrogen) atoms. The fraction of sp³-hybridized carbons (Fsp3) is 0.438. The van der Waals surface area contributed by atoms with Crippen LogP contribution in [-0.2, 0) is 19.2 Å². The summed E-state index contributed by atoms with van der Waals surface area (Å²) in [5.74, 6) is -1.45. The van der Waals surface area contributed by atoms with Gasteiger partial charge in [-0.15, -0.1) is 0 Å². The quantitative estimate of drug-likeness (QED) is 0.767. The highest BCUT2D eigenvalue weighted by atomic mass is 35.5. The van der Waals surface area contributed by atoms with Crippen LogP contribution < -0.4 is 0 Å². The average Bonchev–Trinajstić information content (AvgIpc) is 3.24. The van der Waals surface area contributed by atoms with Crippen molar-refractivity contribution in [2.24, 2.45) is 11.1 Å². The molecule has 0 saturated carbocycles. The second-order valence-corrected chi connectivity index (χ2v) is 6.87. The van der Waals surface area contributed by atoms with Gasteiger partial charge in [0.1, 0.15) is 11.6 Å². The van der Waals surface area contributed by atoms with Crippen LogP contribution >= 0.6 is 23.2 Å². The molecule has 0 radical (unpaired) electrons. The number of rotatable bonds is 3. The first-order chi connectivity index (χ1) is 11.6. The van der Waals surface area contributed by atoms with Crippen molar-refractivity contribution in [2.75, 3.05) is 13.2 Å². The van der Waals surface area contributed by atoms with Crippen LogP contribution in [0.25, 0.3) is 0 Å². The smallest absolute Gasteiger partial charge is 0.274 e. The number of ether oxygens (including phenoxy) is 1. The van der Waals surface area contributed by atoms with Gasteiger partial charge in [0, 0.05) is 17.2 Å². The lowest BCUT2D eigenvalue weighted by Crippen LogP contribution is -2.39. The molecule has 8 heteroatoms. The number of halogens is 2. The number of likely N-dealkylation sites (tertiary alicyclic amines) is 1. The minimum absolute atomic E-state index is 0.101. The maximum absolute atomic E-state index is 12.8. The topological polar surface area (TPSA) is 68.2 Å². The van der Waals surface area contributed by atoms with Crippen LogP contribution in [0.2, 0.25) is 10.0 Å². The van der Waals surface area contributed by atoms with Crippen LogP contribution in [0.15, 0.2) is 23.4 Å². The molecule has 1 aromatic carbocycles. The highest BCUT2D eigenvalue weighted by Crippen LogP contribution is 2.35. The van der Waals surface area contributed by atoms with Crippen LogP contribution in [0.5, 0.6) is 0 Å². The third-order valence-corrected chi connectivity index (χ3v) is 5.07. The van der Waals surface area contributed by atoms with Gasteiger partial charge in [0.15, 0.2) is 0 Å². The molecule has 2 fully saturated rings. The molecule has 0 bridgehead atoms. The highest BCUT2D eigenvalue weighted by Gasteiger charge is 2.56. The number of hydrogen-bond donors (Lipinski definition) is 0. The summed E-state index contributed by atoms with van der Waals surface area (Å²) in [5, 5.41) is 4.78. The van der Waals surface area contributed by atoms with Crippen molar-refractivity contribution in [3.8, 4) is 0 Å².